The van der Waals surface area contributed by atoms with Gasteiger partial charge in [-0.05, 0) is 43.0 Å². The summed E-state index contributed by atoms with van der Waals surface area (Å²) in [4.78, 5) is 23.5. The van der Waals surface area contributed by atoms with Crippen molar-refractivity contribution in [3.05, 3.63) is 59.4 Å². The van der Waals surface area contributed by atoms with Gasteiger partial charge in [0.1, 0.15) is 5.82 Å². The van der Waals surface area contributed by atoms with Gasteiger partial charge in [0.25, 0.3) is 5.91 Å². The number of hydrogen-bond acceptors (Lipinski definition) is 2. The Balaban J connectivity index is 1.77. The van der Waals surface area contributed by atoms with E-state index in [1.165, 1.54) is 12.1 Å². The number of carbonyl (C=O) groups excluding carboxylic acids is 1. The van der Waals surface area contributed by atoms with Crippen molar-refractivity contribution < 1.29 is 19.1 Å². The summed E-state index contributed by atoms with van der Waals surface area (Å²) in [6.07, 6.45) is 1.89. The largest absolute Gasteiger partial charge is 0.481 e. The Labute approximate surface area is 145 Å². The Morgan fingerprint density at radius 3 is 2.40 bits per heavy atom. The molecule has 2 aromatic carbocycles. The van der Waals surface area contributed by atoms with Gasteiger partial charge in [-0.2, -0.15) is 0 Å². The van der Waals surface area contributed by atoms with Gasteiger partial charge in [-0.25, -0.2) is 4.39 Å². The van der Waals surface area contributed by atoms with Crippen molar-refractivity contribution in [2.24, 2.45) is 5.92 Å². The zero-order valence-electron chi connectivity index (χ0n) is 14.0. The van der Waals surface area contributed by atoms with Crippen LogP contribution in [0.15, 0.2) is 42.5 Å². The zero-order valence-corrected chi connectivity index (χ0v) is 14.0. The second-order valence-corrected chi connectivity index (χ2v) is 6.52. The predicted molar refractivity (Wildman–Crippen MR) is 92.8 cm³/mol. The molecule has 0 aliphatic heterocycles. The molecule has 0 heterocycles. The molecule has 25 heavy (non-hydrogen) atoms. The highest BCUT2D eigenvalue weighted by Crippen LogP contribution is 2.27. The van der Waals surface area contributed by atoms with Crippen molar-refractivity contribution >= 4 is 11.9 Å². The fourth-order valence-corrected chi connectivity index (χ4v) is 3.30. The van der Waals surface area contributed by atoms with Gasteiger partial charge < -0.3 is 10.4 Å². The maximum atomic E-state index is 14.4. The molecule has 0 radical (unpaired) electrons. The first kappa shape index (κ1) is 17.1. The Bertz CT molecular complexity index is 801. The zero-order chi connectivity index (χ0) is 18.0. The monoisotopic (exact) mass is 341 g/mol. The molecule has 1 amide bonds. The summed E-state index contributed by atoms with van der Waals surface area (Å²) in [7, 11) is 0. The highest BCUT2D eigenvalue weighted by atomic mass is 19.1. The van der Waals surface area contributed by atoms with Crippen LogP contribution in [0.2, 0.25) is 0 Å². The van der Waals surface area contributed by atoms with Crippen LogP contribution in [0.5, 0.6) is 0 Å². The number of carboxylic acid groups (broad SMARTS) is 1. The molecule has 1 aliphatic rings. The lowest BCUT2D eigenvalue weighted by atomic mass is 10.0. The number of aliphatic carboxylic acids is 1. The highest BCUT2D eigenvalue weighted by molar-refractivity contribution is 5.95. The van der Waals surface area contributed by atoms with Gasteiger partial charge in [0.15, 0.2) is 0 Å². The van der Waals surface area contributed by atoms with Crippen molar-refractivity contribution in [1.82, 2.24) is 5.32 Å². The number of benzene rings is 2. The maximum Gasteiger partial charge on any atom is 0.308 e. The van der Waals surface area contributed by atoms with E-state index in [9.17, 15) is 19.1 Å². The quantitative estimate of drug-likeness (QED) is 0.889. The molecule has 0 saturated heterocycles. The minimum atomic E-state index is -0.919. The Morgan fingerprint density at radius 2 is 1.76 bits per heavy atom. The third kappa shape index (κ3) is 3.71. The van der Waals surface area contributed by atoms with E-state index in [4.69, 9.17) is 0 Å². The Kier molecular flexibility index (Phi) is 4.83. The molecule has 1 aliphatic carbocycles. The first-order valence-corrected chi connectivity index (χ1v) is 8.36. The molecule has 5 heteroatoms. The van der Waals surface area contributed by atoms with E-state index in [1.54, 1.807) is 6.07 Å². The molecule has 2 atom stereocenters. The van der Waals surface area contributed by atoms with Gasteiger partial charge in [0.2, 0.25) is 0 Å². The minimum absolute atomic E-state index is 0.0631. The Morgan fingerprint density at radius 1 is 1.08 bits per heavy atom. The van der Waals surface area contributed by atoms with E-state index in [0.717, 1.165) is 17.5 Å². The lowest BCUT2D eigenvalue weighted by Gasteiger charge is -2.18. The van der Waals surface area contributed by atoms with Crippen LogP contribution in [-0.2, 0) is 4.79 Å². The first-order chi connectivity index (χ1) is 12.0. The minimum Gasteiger partial charge on any atom is -0.481 e. The normalized spacial score (nSPS) is 19.6. The lowest BCUT2D eigenvalue weighted by Crippen LogP contribution is -2.40. The SMILES string of the molecule is Cc1ccc(-c2ccc(C(=O)N[C@H]3CCC[C@H]3C(=O)O)c(F)c2)cc1. The van der Waals surface area contributed by atoms with Gasteiger partial charge in [-0.15, -0.1) is 0 Å². The number of carbonyl (C=O) groups is 2. The van der Waals surface area contributed by atoms with E-state index >= 15 is 0 Å². The van der Waals surface area contributed by atoms with E-state index < -0.39 is 29.7 Å². The molecule has 3 rings (SSSR count). The van der Waals surface area contributed by atoms with Crippen LogP contribution in [0.25, 0.3) is 11.1 Å². The first-order valence-electron chi connectivity index (χ1n) is 8.36. The van der Waals surface area contributed by atoms with Crippen LogP contribution in [0.4, 0.5) is 4.39 Å². The number of hydrogen-bond donors (Lipinski definition) is 2. The molecule has 2 aromatic rings. The molecular formula is C20H20FNO3. The summed E-state index contributed by atoms with van der Waals surface area (Å²) in [5, 5.41) is 11.9. The van der Waals surface area contributed by atoms with E-state index in [0.29, 0.717) is 18.4 Å². The number of rotatable bonds is 4. The van der Waals surface area contributed by atoms with Gasteiger partial charge in [0, 0.05) is 6.04 Å². The third-order valence-electron chi connectivity index (χ3n) is 4.75. The van der Waals surface area contributed by atoms with Crippen molar-refractivity contribution in [3.63, 3.8) is 0 Å². The predicted octanol–water partition coefficient (Wildman–Crippen LogP) is 3.78. The van der Waals surface area contributed by atoms with Crippen LogP contribution in [-0.4, -0.2) is 23.0 Å². The molecule has 0 spiro atoms. The summed E-state index contributed by atoms with van der Waals surface area (Å²) in [6.45, 7) is 1.98. The average molecular weight is 341 g/mol. The van der Waals surface area contributed by atoms with Crippen LogP contribution in [0.3, 0.4) is 0 Å². The summed E-state index contributed by atoms with van der Waals surface area (Å²) in [5.74, 6) is -2.69. The van der Waals surface area contributed by atoms with Gasteiger partial charge in [-0.1, -0.05) is 42.3 Å². The lowest BCUT2D eigenvalue weighted by molar-refractivity contribution is -0.142. The second-order valence-electron chi connectivity index (χ2n) is 6.52. The number of amides is 1. The number of nitrogens with one attached hydrogen (secondary N) is 1. The number of carboxylic acids is 1. The number of halogens is 1. The van der Waals surface area contributed by atoms with Crippen LogP contribution < -0.4 is 5.32 Å². The van der Waals surface area contributed by atoms with Crippen LogP contribution in [0, 0.1) is 18.7 Å². The summed E-state index contributed by atoms with van der Waals surface area (Å²) in [5.41, 5.74) is 2.62. The molecular weight excluding hydrogens is 321 g/mol. The van der Waals surface area contributed by atoms with Gasteiger partial charge in [-0.3, -0.25) is 9.59 Å². The van der Waals surface area contributed by atoms with Gasteiger partial charge in [0.05, 0.1) is 11.5 Å². The maximum absolute atomic E-state index is 14.4. The summed E-state index contributed by atoms with van der Waals surface area (Å²) >= 11 is 0. The number of aryl methyl sites for hydroxylation is 1. The molecule has 4 nitrogen and oxygen atoms in total. The van der Waals surface area contributed by atoms with Crippen molar-refractivity contribution in [3.8, 4) is 11.1 Å². The molecule has 130 valence electrons. The third-order valence-corrected chi connectivity index (χ3v) is 4.75. The van der Waals surface area contributed by atoms with Crippen molar-refractivity contribution in [2.45, 2.75) is 32.2 Å². The van der Waals surface area contributed by atoms with E-state index in [1.807, 2.05) is 31.2 Å². The highest BCUT2D eigenvalue weighted by Gasteiger charge is 2.34. The molecule has 2 N–H and O–H groups in total. The summed E-state index contributed by atoms with van der Waals surface area (Å²) in [6, 6.07) is 11.7. The van der Waals surface area contributed by atoms with Crippen molar-refractivity contribution in [2.75, 3.05) is 0 Å². The molecule has 0 unspecified atom stereocenters. The molecule has 0 aromatic heterocycles. The molecule has 0 bridgehead atoms. The van der Waals surface area contributed by atoms with Crippen LogP contribution >= 0.6 is 0 Å². The Hall–Kier alpha value is -2.69. The fourth-order valence-electron chi connectivity index (χ4n) is 3.30. The fraction of sp³-hybridized carbons (Fsp3) is 0.300. The van der Waals surface area contributed by atoms with Gasteiger partial charge >= 0.3 is 5.97 Å². The average Bonchev–Trinajstić information content (AvgIpc) is 3.03. The second kappa shape index (κ2) is 7.05. The van der Waals surface area contributed by atoms with E-state index in [-0.39, 0.29) is 5.56 Å². The topological polar surface area (TPSA) is 66.4 Å². The van der Waals surface area contributed by atoms with Crippen molar-refractivity contribution in [1.29, 1.82) is 0 Å². The standard InChI is InChI=1S/C20H20FNO3/c1-12-5-7-13(8-6-12)14-9-10-15(17(21)11-14)19(23)22-18-4-2-3-16(18)20(24)25/h5-11,16,18H,2-4H2,1H3,(H,22,23)(H,24,25)/t16-,18+/m1/s1. The summed E-state index contributed by atoms with van der Waals surface area (Å²) < 4.78 is 14.4. The molecule has 1 saturated carbocycles. The smallest absolute Gasteiger partial charge is 0.308 e. The van der Waals surface area contributed by atoms with E-state index in [2.05, 4.69) is 5.32 Å². The van der Waals surface area contributed by atoms with Crippen LogP contribution in [0.1, 0.15) is 35.2 Å². The molecule has 1 fully saturated rings.